The summed E-state index contributed by atoms with van der Waals surface area (Å²) in [5, 5.41) is 3.40. The Morgan fingerprint density at radius 2 is 2.05 bits per heavy atom. The number of aryl methyl sites for hydroxylation is 1. The van der Waals surface area contributed by atoms with Gasteiger partial charge in [0.25, 0.3) is 0 Å². The van der Waals surface area contributed by atoms with Crippen molar-refractivity contribution in [2.24, 2.45) is 0 Å². The summed E-state index contributed by atoms with van der Waals surface area (Å²) in [5.74, 6) is 1.06. The Kier molecular flexibility index (Phi) is 2.72. The zero-order valence-corrected chi connectivity index (χ0v) is 12.5. The Hall–Kier alpha value is -2.33. The molecule has 0 aliphatic carbocycles. The average molecular weight is 293 g/mol. The Bertz CT molecular complexity index is 949. The fraction of sp³-hybridized carbons (Fsp3) is 0.118. The van der Waals surface area contributed by atoms with Gasteiger partial charge in [-0.05, 0) is 53.2 Å². The first-order chi connectivity index (χ1) is 10.3. The highest BCUT2D eigenvalue weighted by Crippen LogP contribution is 2.28. The summed E-state index contributed by atoms with van der Waals surface area (Å²) in [7, 11) is 0. The summed E-state index contributed by atoms with van der Waals surface area (Å²) in [6, 6.07) is 14.6. The molecule has 4 rings (SSSR count). The minimum Gasteiger partial charge on any atom is -0.399 e. The molecule has 0 unspecified atom stereocenters. The van der Waals surface area contributed by atoms with E-state index in [-0.39, 0.29) is 0 Å². The number of aromatic nitrogens is 2. The van der Waals surface area contributed by atoms with Crippen LogP contribution in [0.3, 0.4) is 0 Å². The summed E-state index contributed by atoms with van der Waals surface area (Å²) < 4.78 is 3.54. The molecule has 0 aliphatic rings. The van der Waals surface area contributed by atoms with Gasteiger partial charge in [-0.2, -0.15) is 0 Å². The maximum Gasteiger partial charge on any atom is 0.114 e. The van der Waals surface area contributed by atoms with Gasteiger partial charge >= 0.3 is 0 Å². The van der Waals surface area contributed by atoms with Crippen LogP contribution in [0.25, 0.3) is 26.8 Å². The summed E-state index contributed by atoms with van der Waals surface area (Å²) in [5.41, 5.74) is 9.85. The van der Waals surface area contributed by atoms with Crippen LogP contribution in [0.5, 0.6) is 0 Å². The normalized spacial score (nSPS) is 11.5. The first-order valence-electron chi connectivity index (χ1n) is 7.01. The molecule has 0 saturated carbocycles. The molecular weight excluding hydrogens is 278 g/mol. The van der Waals surface area contributed by atoms with Gasteiger partial charge in [0, 0.05) is 22.5 Å². The lowest BCUT2D eigenvalue weighted by Gasteiger charge is -2.08. The molecule has 2 aromatic carbocycles. The molecule has 2 aromatic heterocycles. The second kappa shape index (κ2) is 4.60. The molecule has 0 amide bonds. The van der Waals surface area contributed by atoms with Crippen molar-refractivity contribution >= 4 is 38.1 Å². The zero-order chi connectivity index (χ0) is 14.4. The molecule has 4 aromatic rings. The number of fused-ring (bicyclic) bond motifs is 2. The molecular formula is C17H15N3S. The first kappa shape index (κ1) is 12.4. The highest BCUT2D eigenvalue weighted by molar-refractivity contribution is 7.17. The Labute approximate surface area is 126 Å². The van der Waals surface area contributed by atoms with Gasteiger partial charge in [0.2, 0.25) is 0 Å². The summed E-state index contributed by atoms with van der Waals surface area (Å²) in [6.45, 7) is 2.13. The van der Waals surface area contributed by atoms with Gasteiger partial charge in [-0.25, -0.2) is 4.98 Å². The maximum atomic E-state index is 5.88. The molecule has 104 valence electrons. The summed E-state index contributed by atoms with van der Waals surface area (Å²) in [4.78, 5) is 4.72. The number of hydrogen-bond acceptors (Lipinski definition) is 3. The van der Waals surface area contributed by atoms with Gasteiger partial charge in [0.15, 0.2) is 0 Å². The molecule has 21 heavy (non-hydrogen) atoms. The van der Waals surface area contributed by atoms with E-state index in [1.807, 2.05) is 12.1 Å². The SMILES string of the molecule is CCc1nc2cc(N)ccc2n1-c1ccc2sccc2c1. The quantitative estimate of drug-likeness (QED) is 0.557. The van der Waals surface area contributed by atoms with Gasteiger partial charge < -0.3 is 5.73 Å². The minimum atomic E-state index is 0.753. The molecule has 0 bridgehead atoms. The number of thiophene rings is 1. The van der Waals surface area contributed by atoms with Crippen LogP contribution < -0.4 is 5.73 Å². The highest BCUT2D eigenvalue weighted by Gasteiger charge is 2.11. The van der Waals surface area contributed by atoms with E-state index in [1.54, 1.807) is 11.3 Å². The van der Waals surface area contributed by atoms with Crippen molar-refractivity contribution in [2.75, 3.05) is 5.73 Å². The minimum absolute atomic E-state index is 0.753. The number of rotatable bonds is 2. The van der Waals surface area contributed by atoms with Crippen LogP contribution in [0.1, 0.15) is 12.7 Å². The largest absolute Gasteiger partial charge is 0.399 e. The molecule has 2 N–H and O–H groups in total. The lowest BCUT2D eigenvalue weighted by molar-refractivity contribution is 0.909. The monoisotopic (exact) mass is 293 g/mol. The van der Waals surface area contributed by atoms with Crippen LogP contribution in [0.2, 0.25) is 0 Å². The van der Waals surface area contributed by atoms with E-state index >= 15 is 0 Å². The number of hydrogen-bond donors (Lipinski definition) is 1. The van der Waals surface area contributed by atoms with Gasteiger partial charge in [-0.15, -0.1) is 11.3 Å². The van der Waals surface area contributed by atoms with Crippen molar-refractivity contribution in [1.29, 1.82) is 0 Å². The molecule has 0 spiro atoms. The van der Waals surface area contributed by atoms with Crippen LogP contribution in [-0.2, 0) is 6.42 Å². The van der Waals surface area contributed by atoms with Crippen molar-refractivity contribution in [2.45, 2.75) is 13.3 Å². The fourth-order valence-corrected chi connectivity index (χ4v) is 3.54. The molecule has 2 heterocycles. The Morgan fingerprint density at radius 3 is 2.90 bits per heavy atom. The highest BCUT2D eigenvalue weighted by atomic mass is 32.1. The lowest BCUT2D eigenvalue weighted by Crippen LogP contribution is -1.99. The second-order valence-corrected chi connectivity index (χ2v) is 6.06. The van der Waals surface area contributed by atoms with Gasteiger partial charge in [0.05, 0.1) is 11.0 Å². The fourth-order valence-electron chi connectivity index (χ4n) is 2.77. The van der Waals surface area contributed by atoms with E-state index in [2.05, 4.69) is 47.2 Å². The van der Waals surface area contributed by atoms with Gasteiger partial charge in [-0.1, -0.05) is 6.92 Å². The first-order valence-corrected chi connectivity index (χ1v) is 7.88. The van der Waals surface area contributed by atoms with Crippen molar-refractivity contribution < 1.29 is 0 Å². The molecule has 0 fully saturated rings. The Balaban J connectivity index is 2.03. The number of nitrogen functional groups attached to an aromatic ring is 1. The molecule has 0 atom stereocenters. The predicted molar refractivity (Wildman–Crippen MR) is 90.2 cm³/mol. The van der Waals surface area contributed by atoms with Gasteiger partial charge in [-0.3, -0.25) is 4.57 Å². The van der Waals surface area contributed by atoms with Crippen molar-refractivity contribution in [3.05, 3.63) is 53.7 Å². The summed E-state index contributed by atoms with van der Waals surface area (Å²) in [6.07, 6.45) is 0.885. The number of benzene rings is 2. The third kappa shape index (κ3) is 1.91. The van der Waals surface area contributed by atoms with E-state index in [4.69, 9.17) is 10.7 Å². The average Bonchev–Trinajstić information content (AvgIpc) is 3.09. The molecule has 4 heteroatoms. The lowest BCUT2D eigenvalue weighted by atomic mass is 10.2. The smallest absolute Gasteiger partial charge is 0.114 e. The predicted octanol–water partition coefficient (Wildman–Crippen LogP) is 4.38. The van der Waals surface area contributed by atoms with Gasteiger partial charge in [0.1, 0.15) is 5.82 Å². The van der Waals surface area contributed by atoms with Crippen molar-refractivity contribution in [3.8, 4) is 5.69 Å². The van der Waals surface area contributed by atoms with E-state index in [1.165, 1.54) is 10.1 Å². The topological polar surface area (TPSA) is 43.8 Å². The van der Waals surface area contributed by atoms with Crippen molar-refractivity contribution in [3.63, 3.8) is 0 Å². The number of imidazole rings is 1. The number of anilines is 1. The zero-order valence-electron chi connectivity index (χ0n) is 11.7. The maximum absolute atomic E-state index is 5.88. The van der Waals surface area contributed by atoms with Crippen LogP contribution in [0, 0.1) is 0 Å². The van der Waals surface area contributed by atoms with E-state index in [9.17, 15) is 0 Å². The summed E-state index contributed by atoms with van der Waals surface area (Å²) >= 11 is 1.77. The Morgan fingerprint density at radius 1 is 1.14 bits per heavy atom. The standard InChI is InChI=1S/C17H15N3S/c1-2-17-19-14-10-12(18)3-5-15(14)20(17)13-4-6-16-11(9-13)7-8-21-16/h3-10H,2,18H2,1H3. The number of nitrogens with zero attached hydrogens (tertiary/aromatic N) is 2. The van der Waals surface area contributed by atoms with Crippen LogP contribution in [0.4, 0.5) is 5.69 Å². The van der Waals surface area contributed by atoms with Crippen LogP contribution >= 0.6 is 11.3 Å². The molecule has 3 nitrogen and oxygen atoms in total. The van der Waals surface area contributed by atoms with Crippen LogP contribution in [0.15, 0.2) is 47.8 Å². The molecule has 0 radical (unpaired) electrons. The molecule has 0 aliphatic heterocycles. The third-order valence-electron chi connectivity index (χ3n) is 3.76. The van der Waals surface area contributed by atoms with Crippen molar-refractivity contribution in [1.82, 2.24) is 9.55 Å². The van der Waals surface area contributed by atoms with E-state index in [0.29, 0.717) is 0 Å². The third-order valence-corrected chi connectivity index (χ3v) is 4.66. The van der Waals surface area contributed by atoms with Crippen LogP contribution in [-0.4, -0.2) is 9.55 Å². The second-order valence-electron chi connectivity index (χ2n) is 5.11. The van der Waals surface area contributed by atoms with E-state index in [0.717, 1.165) is 34.7 Å². The van der Waals surface area contributed by atoms with E-state index < -0.39 is 0 Å². The molecule has 0 saturated heterocycles. The number of nitrogens with two attached hydrogens (primary N) is 1.